The lowest BCUT2D eigenvalue weighted by Crippen LogP contribution is -2.38. The highest BCUT2D eigenvalue weighted by atomic mass is 16.2. The Kier molecular flexibility index (Phi) is 5.96. The fourth-order valence-electron chi connectivity index (χ4n) is 2.81. The Morgan fingerprint density at radius 1 is 1.23 bits per heavy atom. The number of nitriles is 1. The van der Waals surface area contributed by atoms with E-state index < -0.39 is 11.8 Å². The highest BCUT2D eigenvalue weighted by molar-refractivity contribution is 6.21. The van der Waals surface area contributed by atoms with Gasteiger partial charge in [0.05, 0.1) is 5.69 Å². The van der Waals surface area contributed by atoms with Gasteiger partial charge in [-0.3, -0.25) is 14.4 Å². The number of piperidine rings is 1. The number of benzene rings is 1. The molecule has 26 heavy (non-hydrogen) atoms. The lowest BCUT2D eigenvalue weighted by molar-refractivity contribution is -0.124. The van der Waals surface area contributed by atoms with Gasteiger partial charge in [0.1, 0.15) is 11.6 Å². The van der Waals surface area contributed by atoms with Crippen molar-refractivity contribution in [3.8, 4) is 6.07 Å². The van der Waals surface area contributed by atoms with E-state index in [1.807, 2.05) is 6.07 Å². The summed E-state index contributed by atoms with van der Waals surface area (Å²) in [5, 5.41) is 9.39. The van der Waals surface area contributed by atoms with Gasteiger partial charge in [0.25, 0.3) is 5.91 Å². The van der Waals surface area contributed by atoms with Crippen LogP contribution in [0.1, 0.15) is 19.8 Å². The van der Waals surface area contributed by atoms with Gasteiger partial charge in [0.15, 0.2) is 0 Å². The molecule has 4 N–H and O–H groups in total. The Hall–Kier alpha value is -3.34. The number of imide groups is 1. The van der Waals surface area contributed by atoms with Crippen molar-refractivity contribution in [2.75, 3.05) is 23.7 Å². The molecule has 0 spiro atoms. The largest absolute Gasteiger partial charge is 0.399 e. The standard InChI is InChI=1S/C18H21N5O3/c1-12(24)23(16-4-2-15(20)3-5-16)18(26)14(10-19)11-22-8-6-13(7-9-22)17(21)25/h2-5,11,13H,6-9,20H2,1H3,(H2,21,25)/b14-11-. The Morgan fingerprint density at radius 2 is 1.81 bits per heavy atom. The molecule has 1 aliphatic heterocycles. The Balaban J connectivity index is 2.20. The van der Waals surface area contributed by atoms with Crippen molar-refractivity contribution in [3.63, 3.8) is 0 Å². The monoisotopic (exact) mass is 355 g/mol. The van der Waals surface area contributed by atoms with Crippen molar-refractivity contribution in [3.05, 3.63) is 36.0 Å². The third-order valence-corrected chi connectivity index (χ3v) is 4.26. The van der Waals surface area contributed by atoms with Crippen LogP contribution >= 0.6 is 0 Å². The van der Waals surface area contributed by atoms with Crippen molar-refractivity contribution in [2.45, 2.75) is 19.8 Å². The topological polar surface area (TPSA) is 134 Å². The number of nitrogens with two attached hydrogens (primary N) is 2. The molecule has 0 atom stereocenters. The molecule has 0 bridgehead atoms. The van der Waals surface area contributed by atoms with Crippen LogP contribution in [0.5, 0.6) is 0 Å². The Labute approximate surface area is 151 Å². The van der Waals surface area contributed by atoms with Gasteiger partial charge >= 0.3 is 0 Å². The molecule has 0 radical (unpaired) electrons. The number of amides is 3. The normalized spacial score (nSPS) is 15.2. The predicted octanol–water partition coefficient (Wildman–Crippen LogP) is 0.753. The number of hydrogen-bond donors (Lipinski definition) is 2. The van der Waals surface area contributed by atoms with E-state index in [-0.39, 0.29) is 17.4 Å². The van der Waals surface area contributed by atoms with Gasteiger partial charge in [0, 0.05) is 37.8 Å². The third-order valence-electron chi connectivity index (χ3n) is 4.26. The van der Waals surface area contributed by atoms with Crippen LogP contribution in [0.15, 0.2) is 36.0 Å². The van der Waals surface area contributed by atoms with Crippen LogP contribution in [0.3, 0.4) is 0 Å². The molecule has 1 aromatic rings. The van der Waals surface area contributed by atoms with Gasteiger partial charge in [-0.2, -0.15) is 5.26 Å². The molecular formula is C18H21N5O3. The number of primary amides is 1. The number of carbonyl (C=O) groups excluding carboxylic acids is 3. The maximum absolute atomic E-state index is 12.7. The van der Waals surface area contributed by atoms with E-state index >= 15 is 0 Å². The fourth-order valence-corrected chi connectivity index (χ4v) is 2.81. The summed E-state index contributed by atoms with van der Waals surface area (Å²) in [7, 11) is 0. The average Bonchev–Trinajstić information content (AvgIpc) is 2.61. The number of nitrogens with zero attached hydrogens (tertiary/aromatic N) is 3. The van der Waals surface area contributed by atoms with E-state index in [4.69, 9.17) is 11.5 Å². The van der Waals surface area contributed by atoms with E-state index in [1.165, 1.54) is 13.1 Å². The van der Waals surface area contributed by atoms with Crippen molar-refractivity contribution in [2.24, 2.45) is 11.7 Å². The summed E-state index contributed by atoms with van der Waals surface area (Å²) in [5.74, 6) is -1.74. The molecule has 8 nitrogen and oxygen atoms in total. The minimum atomic E-state index is -0.707. The van der Waals surface area contributed by atoms with Crippen molar-refractivity contribution in [1.82, 2.24) is 4.90 Å². The van der Waals surface area contributed by atoms with Crippen LogP contribution in [0, 0.1) is 17.2 Å². The van der Waals surface area contributed by atoms with E-state index in [2.05, 4.69) is 0 Å². The lowest BCUT2D eigenvalue weighted by Gasteiger charge is -2.30. The van der Waals surface area contributed by atoms with E-state index in [0.717, 1.165) is 4.90 Å². The molecule has 0 unspecified atom stereocenters. The first-order valence-corrected chi connectivity index (χ1v) is 8.19. The van der Waals surface area contributed by atoms with Crippen molar-refractivity contribution < 1.29 is 14.4 Å². The summed E-state index contributed by atoms with van der Waals surface area (Å²) < 4.78 is 0. The molecule has 3 amide bonds. The molecule has 0 aliphatic carbocycles. The van der Waals surface area contributed by atoms with Crippen molar-refractivity contribution >= 4 is 29.1 Å². The van der Waals surface area contributed by atoms with Crippen LogP contribution in [-0.2, 0) is 14.4 Å². The highest BCUT2D eigenvalue weighted by Crippen LogP contribution is 2.21. The van der Waals surface area contributed by atoms with Gasteiger partial charge in [0.2, 0.25) is 11.8 Å². The first kappa shape index (κ1) is 19.0. The number of carbonyl (C=O) groups is 3. The highest BCUT2D eigenvalue weighted by Gasteiger charge is 2.26. The molecule has 1 aromatic carbocycles. The summed E-state index contributed by atoms with van der Waals surface area (Å²) in [6.07, 6.45) is 2.56. The molecule has 1 aliphatic rings. The number of likely N-dealkylation sites (tertiary alicyclic amines) is 1. The van der Waals surface area contributed by atoms with E-state index in [9.17, 15) is 19.6 Å². The van der Waals surface area contributed by atoms with Gasteiger partial charge in [-0.05, 0) is 37.1 Å². The van der Waals surface area contributed by atoms with Crippen LogP contribution in [0.4, 0.5) is 11.4 Å². The third kappa shape index (κ3) is 4.39. The molecule has 1 saturated heterocycles. The second-order valence-electron chi connectivity index (χ2n) is 6.12. The molecular weight excluding hydrogens is 334 g/mol. The SMILES string of the molecule is CC(=O)N(C(=O)/C(C#N)=C\N1CCC(C(N)=O)CC1)c1ccc(N)cc1. The molecule has 0 saturated carbocycles. The zero-order valence-electron chi connectivity index (χ0n) is 14.5. The maximum Gasteiger partial charge on any atom is 0.277 e. The summed E-state index contributed by atoms with van der Waals surface area (Å²) in [4.78, 5) is 38.6. The van der Waals surface area contributed by atoms with Gasteiger partial charge in [-0.25, -0.2) is 4.90 Å². The zero-order chi connectivity index (χ0) is 19.3. The fraction of sp³-hybridized carbons (Fsp3) is 0.333. The van der Waals surface area contributed by atoms with E-state index in [1.54, 1.807) is 29.2 Å². The van der Waals surface area contributed by atoms with Gasteiger partial charge in [-0.15, -0.1) is 0 Å². The maximum atomic E-state index is 12.7. The Morgan fingerprint density at radius 3 is 2.27 bits per heavy atom. The number of anilines is 2. The number of hydrogen-bond acceptors (Lipinski definition) is 6. The number of nitrogen functional groups attached to an aromatic ring is 1. The predicted molar refractivity (Wildman–Crippen MR) is 96.2 cm³/mol. The summed E-state index contributed by atoms with van der Waals surface area (Å²) in [6, 6.07) is 8.09. The molecule has 0 aromatic heterocycles. The van der Waals surface area contributed by atoms with Crippen LogP contribution in [-0.4, -0.2) is 35.7 Å². The smallest absolute Gasteiger partial charge is 0.277 e. The van der Waals surface area contributed by atoms with Crippen LogP contribution in [0.25, 0.3) is 0 Å². The number of rotatable bonds is 4. The molecule has 1 heterocycles. The van der Waals surface area contributed by atoms with Crippen LogP contribution < -0.4 is 16.4 Å². The molecule has 2 rings (SSSR count). The Bertz CT molecular complexity index is 771. The molecule has 136 valence electrons. The quantitative estimate of drug-likeness (QED) is 0.465. The average molecular weight is 355 g/mol. The first-order chi connectivity index (χ1) is 12.3. The molecule has 1 fully saturated rings. The van der Waals surface area contributed by atoms with Crippen molar-refractivity contribution in [1.29, 1.82) is 5.26 Å². The molecule has 8 heteroatoms. The van der Waals surface area contributed by atoms with Gasteiger partial charge in [-0.1, -0.05) is 0 Å². The second-order valence-corrected chi connectivity index (χ2v) is 6.12. The minimum Gasteiger partial charge on any atom is -0.399 e. The lowest BCUT2D eigenvalue weighted by atomic mass is 9.96. The van der Waals surface area contributed by atoms with E-state index in [0.29, 0.717) is 37.3 Å². The first-order valence-electron chi connectivity index (χ1n) is 8.19. The second kappa shape index (κ2) is 8.16. The summed E-state index contributed by atoms with van der Waals surface area (Å²) in [5.41, 5.74) is 11.6. The minimum absolute atomic E-state index is 0.158. The summed E-state index contributed by atoms with van der Waals surface area (Å²) in [6.45, 7) is 2.27. The zero-order valence-corrected chi connectivity index (χ0v) is 14.5. The summed E-state index contributed by atoms with van der Waals surface area (Å²) >= 11 is 0. The van der Waals surface area contributed by atoms with Crippen LogP contribution in [0.2, 0.25) is 0 Å². The van der Waals surface area contributed by atoms with Gasteiger partial charge < -0.3 is 16.4 Å².